The van der Waals surface area contributed by atoms with E-state index in [1.165, 1.54) is 0 Å². The molecule has 132 valence electrons. The van der Waals surface area contributed by atoms with E-state index < -0.39 is 0 Å². The number of aromatic nitrogens is 5. The minimum absolute atomic E-state index is 0.492. The summed E-state index contributed by atoms with van der Waals surface area (Å²) in [6.45, 7) is 7.10. The molecule has 0 aliphatic rings. The fraction of sp³-hybridized carbons (Fsp3) is 0.412. The molecule has 0 radical (unpaired) electrons. The molecule has 0 bridgehead atoms. The zero-order valence-corrected chi connectivity index (χ0v) is 16.0. The summed E-state index contributed by atoms with van der Waals surface area (Å²) in [6, 6.07) is 7.61. The molecule has 3 rings (SSSR count). The third-order valence-corrected chi connectivity index (χ3v) is 4.77. The van der Waals surface area contributed by atoms with Gasteiger partial charge in [-0.15, -0.1) is 10.2 Å². The van der Waals surface area contributed by atoms with Crippen molar-refractivity contribution in [3.63, 3.8) is 0 Å². The first-order chi connectivity index (χ1) is 12.1. The van der Waals surface area contributed by atoms with Gasteiger partial charge < -0.3 is 9.09 Å². The van der Waals surface area contributed by atoms with E-state index >= 15 is 0 Å². The highest BCUT2D eigenvalue weighted by Crippen LogP contribution is 2.26. The van der Waals surface area contributed by atoms with Gasteiger partial charge in [0.2, 0.25) is 5.89 Å². The smallest absolute Gasteiger partial charge is 0.226 e. The molecule has 0 saturated carbocycles. The quantitative estimate of drug-likeness (QED) is 0.565. The second kappa shape index (κ2) is 8.01. The van der Waals surface area contributed by atoms with Crippen LogP contribution < -0.4 is 0 Å². The third-order valence-electron chi connectivity index (χ3n) is 3.56. The van der Waals surface area contributed by atoms with Crippen molar-refractivity contribution in [2.75, 3.05) is 0 Å². The molecule has 0 amide bonds. The third kappa shape index (κ3) is 4.41. The van der Waals surface area contributed by atoms with Gasteiger partial charge in [0.25, 0.3) is 0 Å². The van der Waals surface area contributed by atoms with Crippen molar-refractivity contribution in [3.8, 4) is 11.4 Å². The lowest BCUT2D eigenvalue weighted by Gasteiger charge is -2.06. The van der Waals surface area contributed by atoms with E-state index in [2.05, 4.69) is 45.7 Å². The number of benzene rings is 1. The molecule has 3 aromatic rings. The summed E-state index contributed by atoms with van der Waals surface area (Å²) in [4.78, 5) is 4.42. The fourth-order valence-electron chi connectivity index (χ4n) is 2.40. The molecule has 25 heavy (non-hydrogen) atoms. The molecule has 0 atom stereocenters. The molecule has 0 saturated heterocycles. The Morgan fingerprint density at radius 3 is 2.64 bits per heavy atom. The van der Waals surface area contributed by atoms with Gasteiger partial charge in [-0.2, -0.15) is 4.98 Å². The zero-order valence-electron chi connectivity index (χ0n) is 14.4. The van der Waals surface area contributed by atoms with Crippen molar-refractivity contribution >= 4 is 23.4 Å². The molecule has 0 aliphatic carbocycles. The molecule has 0 spiro atoms. The summed E-state index contributed by atoms with van der Waals surface area (Å²) in [5, 5.41) is 14.2. The molecule has 6 nitrogen and oxygen atoms in total. The molecule has 2 heterocycles. The average Bonchev–Trinajstić information content (AvgIpc) is 3.19. The highest BCUT2D eigenvalue weighted by atomic mass is 35.5. The van der Waals surface area contributed by atoms with Gasteiger partial charge in [-0.05, 0) is 37.1 Å². The van der Waals surface area contributed by atoms with Gasteiger partial charge in [0.15, 0.2) is 16.8 Å². The Kier molecular flexibility index (Phi) is 5.75. The van der Waals surface area contributed by atoms with Gasteiger partial charge in [-0.3, -0.25) is 0 Å². The maximum atomic E-state index is 5.96. The lowest BCUT2D eigenvalue weighted by Crippen LogP contribution is -2.00. The number of nitrogens with zero attached hydrogens (tertiary/aromatic N) is 5. The van der Waals surface area contributed by atoms with E-state index in [0.29, 0.717) is 28.4 Å². The Morgan fingerprint density at radius 1 is 1.20 bits per heavy atom. The van der Waals surface area contributed by atoms with E-state index in [-0.39, 0.29) is 0 Å². The topological polar surface area (TPSA) is 69.6 Å². The summed E-state index contributed by atoms with van der Waals surface area (Å²) < 4.78 is 7.35. The van der Waals surface area contributed by atoms with Gasteiger partial charge in [0.05, 0.1) is 5.75 Å². The summed E-state index contributed by atoms with van der Waals surface area (Å²) in [5.74, 6) is 3.28. The predicted octanol–water partition coefficient (Wildman–Crippen LogP) is 4.49. The minimum Gasteiger partial charge on any atom is -0.339 e. The van der Waals surface area contributed by atoms with Crippen molar-refractivity contribution in [1.29, 1.82) is 0 Å². The van der Waals surface area contributed by atoms with Crippen molar-refractivity contribution < 1.29 is 4.52 Å². The minimum atomic E-state index is 0.492. The second-order valence-electron chi connectivity index (χ2n) is 6.05. The van der Waals surface area contributed by atoms with Crippen LogP contribution in [0.3, 0.4) is 0 Å². The van der Waals surface area contributed by atoms with E-state index in [0.717, 1.165) is 29.5 Å². The van der Waals surface area contributed by atoms with Crippen LogP contribution in [0.5, 0.6) is 0 Å². The van der Waals surface area contributed by atoms with Gasteiger partial charge in [-0.25, -0.2) is 0 Å². The van der Waals surface area contributed by atoms with Gasteiger partial charge in [0, 0.05) is 23.6 Å². The lowest BCUT2D eigenvalue weighted by molar-refractivity contribution is 0.360. The number of rotatable bonds is 7. The molecule has 0 N–H and O–H groups in total. The Balaban J connectivity index is 1.73. The maximum absolute atomic E-state index is 5.96. The van der Waals surface area contributed by atoms with Crippen LogP contribution in [-0.4, -0.2) is 24.9 Å². The highest BCUT2D eigenvalue weighted by Gasteiger charge is 2.15. The second-order valence-corrected chi connectivity index (χ2v) is 7.43. The van der Waals surface area contributed by atoms with E-state index in [9.17, 15) is 0 Å². The number of thioether (sulfide) groups is 1. The first kappa shape index (κ1) is 17.9. The SMILES string of the molecule is CCn1c(SCc2noc(CC(C)C)n2)nnc1-c1ccc(Cl)cc1. The Labute approximate surface area is 156 Å². The van der Waals surface area contributed by atoms with Crippen molar-refractivity contribution in [1.82, 2.24) is 24.9 Å². The first-order valence-electron chi connectivity index (χ1n) is 8.20. The normalized spacial score (nSPS) is 11.4. The summed E-state index contributed by atoms with van der Waals surface area (Å²) in [5.41, 5.74) is 0.990. The highest BCUT2D eigenvalue weighted by molar-refractivity contribution is 7.98. The molecular weight excluding hydrogens is 358 g/mol. The van der Waals surface area contributed by atoms with Crippen LogP contribution in [0.15, 0.2) is 33.9 Å². The van der Waals surface area contributed by atoms with Gasteiger partial charge in [0.1, 0.15) is 0 Å². The predicted molar refractivity (Wildman–Crippen MR) is 98.5 cm³/mol. The number of hydrogen-bond acceptors (Lipinski definition) is 6. The van der Waals surface area contributed by atoms with Crippen LogP contribution in [0.2, 0.25) is 5.02 Å². The van der Waals surface area contributed by atoms with E-state index in [4.69, 9.17) is 16.1 Å². The molecule has 0 fully saturated rings. The standard InChI is InChI=1S/C17H20ClN5OS/c1-4-23-16(12-5-7-13(18)8-6-12)20-21-17(23)25-10-14-19-15(24-22-14)9-11(2)3/h5-8,11H,4,9-10H2,1-3H3. The van der Waals surface area contributed by atoms with Crippen LogP contribution >= 0.6 is 23.4 Å². The van der Waals surface area contributed by atoms with Gasteiger partial charge in [-0.1, -0.05) is 42.4 Å². The molecule has 0 unspecified atom stereocenters. The Morgan fingerprint density at radius 2 is 1.96 bits per heavy atom. The molecule has 2 aromatic heterocycles. The summed E-state index contributed by atoms with van der Waals surface area (Å²) in [6.07, 6.45) is 0.795. The Bertz CT molecular complexity index is 828. The largest absolute Gasteiger partial charge is 0.339 e. The average molecular weight is 378 g/mol. The van der Waals surface area contributed by atoms with Crippen LogP contribution in [0.4, 0.5) is 0 Å². The van der Waals surface area contributed by atoms with E-state index in [1.54, 1.807) is 11.8 Å². The van der Waals surface area contributed by atoms with E-state index in [1.807, 2.05) is 24.3 Å². The fourth-order valence-corrected chi connectivity index (χ4v) is 3.37. The number of halogens is 1. The molecule has 1 aromatic carbocycles. The first-order valence-corrected chi connectivity index (χ1v) is 9.56. The lowest BCUT2D eigenvalue weighted by atomic mass is 10.1. The summed E-state index contributed by atoms with van der Waals surface area (Å²) in [7, 11) is 0. The van der Waals surface area contributed by atoms with Crippen LogP contribution in [0.1, 0.15) is 32.5 Å². The molecule has 0 aliphatic heterocycles. The van der Waals surface area contributed by atoms with Crippen LogP contribution in [-0.2, 0) is 18.7 Å². The summed E-state index contributed by atoms with van der Waals surface area (Å²) >= 11 is 7.51. The van der Waals surface area contributed by atoms with Crippen molar-refractivity contribution in [2.24, 2.45) is 5.92 Å². The maximum Gasteiger partial charge on any atom is 0.226 e. The Hall–Kier alpha value is -1.86. The van der Waals surface area contributed by atoms with Crippen molar-refractivity contribution in [3.05, 3.63) is 41.0 Å². The van der Waals surface area contributed by atoms with Crippen LogP contribution in [0, 0.1) is 5.92 Å². The van der Waals surface area contributed by atoms with Crippen LogP contribution in [0.25, 0.3) is 11.4 Å². The van der Waals surface area contributed by atoms with Gasteiger partial charge >= 0.3 is 0 Å². The molecule has 8 heteroatoms. The number of hydrogen-bond donors (Lipinski definition) is 0. The zero-order chi connectivity index (χ0) is 17.8. The molecular formula is C17H20ClN5OS. The van der Waals surface area contributed by atoms with Crippen molar-refractivity contribution in [2.45, 2.75) is 44.6 Å². The monoisotopic (exact) mass is 377 g/mol.